The van der Waals surface area contributed by atoms with Crippen LogP contribution in [0.15, 0.2) is 42.5 Å². The zero-order chi connectivity index (χ0) is 22.0. The van der Waals surface area contributed by atoms with Crippen LogP contribution in [-0.4, -0.2) is 60.5 Å². The van der Waals surface area contributed by atoms with Crippen LogP contribution in [0.4, 0.5) is 11.4 Å². The lowest BCUT2D eigenvalue weighted by molar-refractivity contribution is -0.146. The Hall–Kier alpha value is -3.59. The highest BCUT2D eigenvalue weighted by molar-refractivity contribution is 6.45. The van der Waals surface area contributed by atoms with Crippen LogP contribution in [-0.2, 0) is 20.9 Å². The Morgan fingerprint density at radius 2 is 1.74 bits per heavy atom. The summed E-state index contributed by atoms with van der Waals surface area (Å²) in [4.78, 5) is 42.3. The second-order valence-electron chi connectivity index (χ2n) is 7.51. The molecule has 0 aromatic heterocycles. The first-order valence-electron chi connectivity index (χ1n) is 10.0. The Labute approximate surface area is 179 Å². The lowest BCUT2D eigenvalue weighted by Gasteiger charge is -2.35. The van der Waals surface area contributed by atoms with Gasteiger partial charge in [0.05, 0.1) is 5.69 Å². The molecule has 3 amide bonds. The van der Waals surface area contributed by atoms with Gasteiger partial charge in [0.1, 0.15) is 0 Å². The average molecular weight is 424 g/mol. The molecule has 2 aliphatic rings. The third kappa shape index (κ3) is 4.46. The molecular weight excluding hydrogens is 400 g/mol. The number of imide groups is 1. The summed E-state index contributed by atoms with van der Waals surface area (Å²) in [6.07, 6.45) is 0. The number of carbonyl (C=O) groups excluding carboxylic acids is 3. The number of nitrogen functional groups attached to an aromatic ring is 1. The van der Waals surface area contributed by atoms with Crippen molar-refractivity contribution in [3.8, 4) is 11.5 Å². The second kappa shape index (κ2) is 8.65. The predicted octanol–water partition coefficient (Wildman–Crippen LogP) is 1.22. The molecule has 0 bridgehead atoms. The monoisotopic (exact) mass is 424 g/mol. The first-order valence-corrected chi connectivity index (χ1v) is 10.0. The fraction of sp³-hybridized carbons (Fsp3) is 0.318. The van der Waals surface area contributed by atoms with E-state index in [4.69, 9.17) is 15.2 Å². The van der Waals surface area contributed by atoms with E-state index in [-0.39, 0.29) is 12.5 Å². The van der Waals surface area contributed by atoms with Crippen molar-refractivity contribution in [1.29, 1.82) is 0 Å². The highest BCUT2D eigenvalue weighted by atomic mass is 16.7. The van der Waals surface area contributed by atoms with Crippen molar-refractivity contribution in [2.24, 2.45) is 0 Å². The van der Waals surface area contributed by atoms with Gasteiger partial charge in [-0.15, -0.1) is 0 Å². The normalized spacial score (nSPS) is 15.6. The molecule has 2 N–H and O–H groups in total. The SMILES string of the molecule is CC(=O)N(C(=O)C(=O)N1CCN(Cc2ccc3c(c2)OCO3)CC1)c1cccc(N)c1. The summed E-state index contributed by atoms with van der Waals surface area (Å²) in [5.41, 5.74) is 7.54. The van der Waals surface area contributed by atoms with Crippen molar-refractivity contribution >= 4 is 29.1 Å². The number of piperazine rings is 1. The second-order valence-corrected chi connectivity index (χ2v) is 7.51. The minimum Gasteiger partial charge on any atom is -0.454 e. The van der Waals surface area contributed by atoms with Crippen molar-refractivity contribution in [3.05, 3.63) is 48.0 Å². The zero-order valence-electron chi connectivity index (χ0n) is 17.2. The van der Waals surface area contributed by atoms with E-state index in [1.807, 2.05) is 18.2 Å². The highest BCUT2D eigenvalue weighted by Crippen LogP contribution is 2.32. The van der Waals surface area contributed by atoms with Crippen molar-refractivity contribution in [3.63, 3.8) is 0 Å². The van der Waals surface area contributed by atoms with Crippen LogP contribution >= 0.6 is 0 Å². The van der Waals surface area contributed by atoms with Crippen LogP contribution in [0.25, 0.3) is 0 Å². The molecule has 2 aromatic rings. The Kier molecular flexibility index (Phi) is 5.77. The molecule has 0 aliphatic carbocycles. The molecule has 9 heteroatoms. The van der Waals surface area contributed by atoms with Gasteiger partial charge in [0.15, 0.2) is 11.5 Å². The van der Waals surface area contributed by atoms with Gasteiger partial charge in [-0.3, -0.25) is 19.3 Å². The van der Waals surface area contributed by atoms with E-state index in [1.165, 1.54) is 17.9 Å². The van der Waals surface area contributed by atoms with E-state index in [0.717, 1.165) is 22.0 Å². The third-order valence-corrected chi connectivity index (χ3v) is 5.33. The molecule has 1 fully saturated rings. The van der Waals surface area contributed by atoms with E-state index in [9.17, 15) is 14.4 Å². The van der Waals surface area contributed by atoms with Crippen LogP contribution in [0, 0.1) is 0 Å². The summed E-state index contributed by atoms with van der Waals surface area (Å²) < 4.78 is 10.8. The van der Waals surface area contributed by atoms with Crippen molar-refractivity contribution in [2.75, 3.05) is 43.6 Å². The van der Waals surface area contributed by atoms with Gasteiger partial charge in [0, 0.05) is 45.3 Å². The fourth-order valence-corrected chi connectivity index (χ4v) is 3.74. The average Bonchev–Trinajstić information content (AvgIpc) is 3.21. The van der Waals surface area contributed by atoms with Crippen LogP contribution in [0.3, 0.4) is 0 Å². The van der Waals surface area contributed by atoms with E-state index in [0.29, 0.717) is 38.4 Å². The van der Waals surface area contributed by atoms with Crippen molar-refractivity contribution < 1.29 is 23.9 Å². The number of carbonyl (C=O) groups is 3. The van der Waals surface area contributed by atoms with Crippen molar-refractivity contribution in [1.82, 2.24) is 9.80 Å². The van der Waals surface area contributed by atoms with Gasteiger partial charge >= 0.3 is 11.8 Å². The molecule has 2 heterocycles. The summed E-state index contributed by atoms with van der Waals surface area (Å²) in [7, 11) is 0. The number of fused-ring (bicyclic) bond motifs is 1. The van der Waals surface area contributed by atoms with Gasteiger partial charge in [0.2, 0.25) is 12.7 Å². The van der Waals surface area contributed by atoms with E-state index in [1.54, 1.807) is 18.2 Å². The number of amides is 3. The molecule has 0 atom stereocenters. The fourth-order valence-electron chi connectivity index (χ4n) is 3.74. The number of hydrogen-bond donors (Lipinski definition) is 1. The first-order chi connectivity index (χ1) is 14.9. The quantitative estimate of drug-likeness (QED) is 0.583. The molecule has 9 nitrogen and oxygen atoms in total. The maximum absolute atomic E-state index is 12.8. The molecule has 162 valence electrons. The van der Waals surface area contributed by atoms with Crippen LogP contribution < -0.4 is 20.1 Å². The molecule has 0 saturated carbocycles. The predicted molar refractivity (Wildman–Crippen MR) is 113 cm³/mol. The van der Waals surface area contributed by atoms with E-state index in [2.05, 4.69) is 4.90 Å². The van der Waals surface area contributed by atoms with Gasteiger partial charge in [-0.2, -0.15) is 0 Å². The van der Waals surface area contributed by atoms with Crippen LogP contribution in [0.1, 0.15) is 12.5 Å². The molecule has 0 spiro atoms. The van der Waals surface area contributed by atoms with Gasteiger partial charge in [-0.25, -0.2) is 4.90 Å². The Morgan fingerprint density at radius 1 is 1.00 bits per heavy atom. The molecule has 0 unspecified atom stereocenters. The number of nitrogens with zero attached hydrogens (tertiary/aromatic N) is 3. The third-order valence-electron chi connectivity index (χ3n) is 5.33. The van der Waals surface area contributed by atoms with Gasteiger partial charge < -0.3 is 20.1 Å². The summed E-state index contributed by atoms with van der Waals surface area (Å²) in [6, 6.07) is 12.2. The molecule has 1 saturated heterocycles. The molecule has 2 aromatic carbocycles. The smallest absolute Gasteiger partial charge is 0.323 e. The van der Waals surface area contributed by atoms with E-state index >= 15 is 0 Å². The molecule has 4 rings (SSSR count). The summed E-state index contributed by atoms with van der Waals surface area (Å²) in [5, 5.41) is 0. The number of hydrogen-bond acceptors (Lipinski definition) is 7. The largest absolute Gasteiger partial charge is 0.454 e. The lowest BCUT2D eigenvalue weighted by atomic mass is 10.1. The lowest BCUT2D eigenvalue weighted by Crippen LogP contribution is -2.53. The van der Waals surface area contributed by atoms with Crippen molar-refractivity contribution in [2.45, 2.75) is 13.5 Å². The van der Waals surface area contributed by atoms with Gasteiger partial charge in [-0.05, 0) is 35.9 Å². The van der Waals surface area contributed by atoms with Crippen LogP contribution in [0.5, 0.6) is 11.5 Å². The Bertz CT molecular complexity index is 1020. The zero-order valence-corrected chi connectivity index (χ0v) is 17.2. The number of anilines is 2. The maximum Gasteiger partial charge on any atom is 0.323 e. The van der Waals surface area contributed by atoms with Crippen LogP contribution in [0.2, 0.25) is 0 Å². The van der Waals surface area contributed by atoms with Gasteiger partial charge in [0.25, 0.3) is 0 Å². The summed E-state index contributed by atoms with van der Waals surface area (Å²) in [5.74, 6) is -0.622. The van der Waals surface area contributed by atoms with Gasteiger partial charge in [-0.1, -0.05) is 12.1 Å². The minimum absolute atomic E-state index is 0.237. The topological polar surface area (TPSA) is 105 Å². The summed E-state index contributed by atoms with van der Waals surface area (Å²) >= 11 is 0. The summed E-state index contributed by atoms with van der Waals surface area (Å²) in [6.45, 7) is 4.22. The maximum atomic E-state index is 12.8. The standard InChI is InChI=1S/C22H24N4O5/c1-15(27)26(18-4-2-3-17(23)12-18)22(29)21(28)25-9-7-24(8-10-25)13-16-5-6-19-20(11-16)31-14-30-19/h2-6,11-12H,7-10,13-14,23H2,1H3. The number of rotatable bonds is 3. The van der Waals surface area contributed by atoms with E-state index < -0.39 is 17.7 Å². The Balaban J connectivity index is 1.37. The molecule has 0 radical (unpaired) electrons. The first kappa shape index (κ1) is 20.7. The molecule has 2 aliphatic heterocycles. The molecule has 31 heavy (non-hydrogen) atoms. The number of benzene rings is 2. The highest BCUT2D eigenvalue weighted by Gasteiger charge is 2.32. The Morgan fingerprint density at radius 3 is 2.45 bits per heavy atom. The minimum atomic E-state index is -0.873. The number of nitrogens with two attached hydrogens (primary N) is 1. The molecular formula is C22H24N4O5. The number of ether oxygens (including phenoxy) is 2.